The normalized spacial score (nSPS) is 21.3. The van der Waals surface area contributed by atoms with Crippen molar-refractivity contribution in [3.8, 4) is 5.69 Å². The van der Waals surface area contributed by atoms with Gasteiger partial charge in [0.1, 0.15) is 0 Å². The second-order valence-corrected chi connectivity index (χ2v) is 7.95. The number of fused-ring (bicyclic) bond motifs is 1. The smallest absolute Gasteiger partial charge is 0.233 e. The van der Waals surface area contributed by atoms with E-state index in [1.165, 1.54) is 4.90 Å². The lowest BCUT2D eigenvalue weighted by atomic mass is 9.81. The maximum absolute atomic E-state index is 12.6. The zero-order chi connectivity index (χ0) is 20.4. The number of carbonyl (C=O) groups excluding carboxylic acids is 3. The molecule has 7 nitrogen and oxygen atoms in total. The molecule has 1 aromatic heterocycles. The average Bonchev–Trinajstić information content (AvgIpc) is 3.31. The molecule has 1 saturated heterocycles. The van der Waals surface area contributed by atoms with Gasteiger partial charge >= 0.3 is 0 Å². The molecule has 0 bridgehead atoms. The third kappa shape index (κ3) is 3.95. The number of aromatic nitrogens is 2. The highest BCUT2D eigenvalue weighted by molar-refractivity contribution is 6.05. The van der Waals surface area contributed by atoms with Crippen LogP contribution in [0, 0.1) is 11.8 Å². The Morgan fingerprint density at radius 1 is 1.10 bits per heavy atom. The first-order chi connectivity index (χ1) is 14.0. The Balaban J connectivity index is 1.32. The second kappa shape index (κ2) is 8.19. The van der Waals surface area contributed by atoms with E-state index >= 15 is 0 Å². The molecule has 4 rings (SSSR count). The summed E-state index contributed by atoms with van der Waals surface area (Å²) in [6.07, 6.45) is 7.40. The van der Waals surface area contributed by atoms with E-state index in [2.05, 4.69) is 5.10 Å². The number of rotatable bonds is 6. The quantitative estimate of drug-likeness (QED) is 0.705. The highest BCUT2D eigenvalue weighted by atomic mass is 16.2. The summed E-state index contributed by atoms with van der Waals surface area (Å²) in [5, 5.41) is 4.35. The van der Waals surface area contributed by atoms with Crippen molar-refractivity contribution in [2.24, 2.45) is 11.8 Å². The summed E-state index contributed by atoms with van der Waals surface area (Å²) in [6.45, 7) is 0.607. The minimum atomic E-state index is -0.159. The molecule has 2 aliphatic rings. The van der Waals surface area contributed by atoms with Gasteiger partial charge in [-0.1, -0.05) is 31.0 Å². The fourth-order valence-electron chi connectivity index (χ4n) is 4.38. The van der Waals surface area contributed by atoms with E-state index in [4.69, 9.17) is 0 Å². The van der Waals surface area contributed by atoms with Crippen molar-refractivity contribution in [3.05, 3.63) is 48.3 Å². The Labute approximate surface area is 170 Å². The van der Waals surface area contributed by atoms with Crippen LogP contribution < -0.4 is 0 Å². The number of amides is 3. The fraction of sp³-hybridized carbons (Fsp3) is 0.455. The summed E-state index contributed by atoms with van der Waals surface area (Å²) in [5.74, 6) is -0.577. The van der Waals surface area contributed by atoms with E-state index < -0.39 is 0 Å². The van der Waals surface area contributed by atoms with Gasteiger partial charge in [0.2, 0.25) is 17.7 Å². The van der Waals surface area contributed by atoms with Gasteiger partial charge in [-0.2, -0.15) is 5.10 Å². The van der Waals surface area contributed by atoms with Gasteiger partial charge in [0.15, 0.2) is 0 Å². The lowest BCUT2D eigenvalue weighted by Gasteiger charge is -2.19. The highest BCUT2D eigenvalue weighted by Crippen LogP contribution is 2.38. The van der Waals surface area contributed by atoms with Crippen LogP contribution in [0.3, 0.4) is 0 Å². The number of benzene rings is 1. The average molecular weight is 394 g/mol. The molecule has 29 heavy (non-hydrogen) atoms. The molecule has 3 amide bonds. The van der Waals surface area contributed by atoms with Gasteiger partial charge in [-0.15, -0.1) is 0 Å². The SMILES string of the molecule is CN(Cc1cnn(-c2ccccc2)c1)C(=O)CCN1C(=O)C2CCCCC2C1=O. The first-order valence-corrected chi connectivity index (χ1v) is 10.2. The molecule has 0 N–H and O–H groups in total. The molecule has 152 valence electrons. The summed E-state index contributed by atoms with van der Waals surface area (Å²) in [4.78, 5) is 40.6. The number of carbonyl (C=O) groups is 3. The Morgan fingerprint density at radius 3 is 2.41 bits per heavy atom. The Morgan fingerprint density at radius 2 is 1.76 bits per heavy atom. The molecular weight excluding hydrogens is 368 g/mol. The van der Waals surface area contributed by atoms with E-state index in [0.717, 1.165) is 36.9 Å². The fourth-order valence-corrected chi connectivity index (χ4v) is 4.38. The molecule has 0 radical (unpaired) electrons. The Bertz CT molecular complexity index is 884. The van der Waals surface area contributed by atoms with Crippen LogP contribution in [-0.2, 0) is 20.9 Å². The van der Waals surface area contributed by atoms with Crippen molar-refractivity contribution >= 4 is 17.7 Å². The van der Waals surface area contributed by atoms with Crippen molar-refractivity contribution in [2.75, 3.05) is 13.6 Å². The summed E-state index contributed by atoms with van der Waals surface area (Å²) >= 11 is 0. The van der Waals surface area contributed by atoms with Crippen LogP contribution >= 0.6 is 0 Å². The first-order valence-electron chi connectivity index (χ1n) is 10.2. The zero-order valence-corrected chi connectivity index (χ0v) is 16.7. The van der Waals surface area contributed by atoms with Crippen molar-refractivity contribution in [1.29, 1.82) is 0 Å². The van der Waals surface area contributed by atoms with Crippen molar-refractivity contribution in [1.82, 2.24) is 19.6 Å². The first kappa shape index (κ1) is 19.4. The van der Waals surface area contributed by atoms with Gasteiger partial charge < -0.3 is 4.90 Å². The zero-order valence-electron chi connectivity index (χ0n) is 16.7. The number of nitrogens with zero attached hydrogens (tertiary/aromatic N) is 4. The number of likely N-dealkylation sites (tertiary alicyclic amines) is 1. The molecule has 2 fully saturated rings. The topological polar surface area (TPSA) is 75.5 Å². The Hall–Kier alpha value is -2.96. The third-order valence-electron chi connectivity index (χ3n) is 5.98. The van der Waals surface area contributed by atoms with Gasteiger partial charge in [-0.25, -0.2) is 4.68 Å². The van der Waals surface area contributed by atoms with Crippen LogP contribution in [0.1, 0.15) is 37.7 Å². The van der Waals surface area contributed by atoms with Crippen molar-refractivity contribution in [2.45, 2.75) is 38.6 Å². The predicted octanol–water partition coefficient (Wildman–Crippen LogP) is 2.40. The van der Waals surface area contributed by atoms with Gasteiger partial charge in [0, 0.05) is 38.3 Å². The number of hydrogen-bond donors (Lipinski definition) is 0. The molecule has 2 atom stereocenters. The minimum absolute atomic E-state index is 0.0840. The van der Waals surface area contributed by atoms with Crippen LogP contribution in [0.15, 0.2) is 42.7 Å². The van der Waals surface area contributed by atoms with Crippen LogP contribution in [0.5, 0.6) is 0 Å². The molecular formula is C22H26N4O3. The second-order valence-electron chi connectivity index (χ2n) is 7.95. The van der Waals surface area contributed by atoms with Gasteiger partial charge in [0.05, 0.1) is 23.7 Å². The number of para-hydroxylation sites is 1. The van der Waals surface area contributed by atoms with Crippen LogP contribution in [0.4, 0.5) is 0 Å². The number of hydrogen-bond acceptors (Lipinski definition) is 4. The molecule has 1 aromatic carbocycles. The number of imide groups is 1. The molecule has 1 aliphatic carbocycles. The maximum Gasteiger partial charge on any atom is 0.233 e. The molecule has 2 heterocycles. The monoisotopic (exact) mass is 394 g/mol. The van der Waals surface area contributed by atoms with E-state index in [9.17, 15) is 14.4 Å². The predicted molar refractivity (Wildman–Crippen MR) is 107 cm³/mol. The maximum atomic E-state index is 12.6. The van der Waals surface area contributed by atoms with Crippen LogP contribution in [0.2, 0.25) is 0 Å². The molecule has 2 unspecified atom stereocenters. The van der Waals surface area contributed by atoms with Crippen molar-refractivity contribution < 1.29 is 14.4 Å². The molecule has 1 aliphatic heterocycles. The van der Waals surface area contributed by atoms with Crippen LogP contribution in [-0.4, -0.2) is 50.9 Å². The van der Waals surface area contributed by atoms with Crippen molar-refractivity contribution in [3.63, 3.8) is 0 Å². The molecule has 2 aromatic rings. The lowest BCUT2D eigenvalue weighted by molar-refractivity contribution is -0.140. The van der Waals surface area contributed by atoms with Gasteiger partial charge in [-0.3, -0.25) is 19.3 Å². The molecule has 0 spiro atoms. The third-order valence-corrected chi connectivity index (χ3v) is 5.98. The van der Waals surface area contributed by atoms with Gasteiger partial charge in [-0.05, 0) is 25.0 Å². The largest absolute Gasteiger partial charge is 0.341 e. The molecule has 1 saturated carbocycles. The van der Waals surface area contributed by atoms with Gasteiger partial charge in [0.25, 0.3) is 0 Å². The van der Waals surface area contributed by atoms with E-state index in [1.54, 1.807) is 22.8 Å². The molecule has 7 heteroatoms. The summed E-state index contributed by atoms with van der Waals surface area (Å²) < 4.78 is 1.77. The van der Waals surface area contributed by atoms with E-state index in [0.29, 0.717) is 6.54 Å². The van der Waals surface area contributed by atoms with E-state index in [1.807, 2.05) is 36.5 Å². The van der Waals surface area contributed by atoms with Crippen LogP contribution in [0.25, 0.3) is 5.69 Å². The highest BCUT2D eigenvalue weighted by Gasteiger charge is 2.47. The summed E-state index contributed by atoms with van der Waals surface area (Å²) in [7, 11) is 1.73. The summed E-state index contributed by atoms with van der Waals surface area (Å²) in [6, 6.07) is 9.78. The lowest BCUT2D eigenvalue weighted by Crippen LogP contribution is -2.36. The minimum Gasteiger partial charge on any atom is -0.341 e. The Kier molecular flexibility index (Phi) is 5.47. The van der Waals surface area contributed by atoms with E-state index in [-0.39, 0.29) is 42.5 Å². The standard InChI is InChI=1S/C22H26N4O3/c1-24(14-16-13-23-26(15-16)17-7-3-2-4-8-17)20(27)11-12-25-21(28)18-9-5-6-10-19(18)22(25)29/h2-4,7-8,13,15,18-19H,5-6,9-12,14H2,1H3. The summed E-state index contributed by atoms with van der Waals surface area (Å²) in [5.41, 5.74) is 1.88.